The van der Waals surface area contributed by atoms with Gasteiger partial charge in [-0.3, -0.25) is 4.79 Å². The molecule has 4 nitrogen and oxygen atoms in total. The van der Waals surface area contributed by atoms with Crippen LogP contribution in [0.5, 0.6) is 0 Å². The number of hydrogen-bond acceptors (Lipinski definition) is 3. The van der Waals surface area contributed by atoms with Crippen LogP contribution in [-0.2, 0) is 9.59 Å². The van der Waals surface area contributed by atoms with Crippen LogP contribution in [0.25, 0.3) is 0 Å². The molecule has 1 aromatic rings. The van der Waals surface area contributed by atoms with E-state index in [-0.39, 0.29) is 5.91 Å². The van der Waals surface area contributed by atoms with E-state index in [1.807, 2.05) is 0 Å². The summed E-state index contributed by atoms with van der Waals surface area (Å²) in [6.45, 7) is 3.54. The maximum Gasteiger partial charge on any atom is 0.331 e. The monoisotopic (exact) mass is 227 g/mol. The highest BCUT2D eigenvalue weighted by molar-refractivity contribution is 7.10. The third kappa shape index (κ3) is 2.56. The minimum atomic E-state index is -0.991. The SMILES string of the molecule is CCN(C(C)=O)C(C(=O)O)c1cccs1. The summed E-state index contributed by atoms with van der Waals surface area (Å²) in [5.74, 6) is -1.21. The molecule has 0 spiro atoms. The van der Waals surface area contributed by atoms with Gasteiger partial charge in [0.1, 0.15) is 0 Å². The van der Waals surface area contributed by atoms with Crippen LogP contribution in [0.4, 0.5) is 0 Å². The highest BCUT2D eigenvalue weighted by Gasteiger charge is 2.28. The Bertz CT molecular complexity index is 348. The summed E-state index contributed by atoms with van der Waals surface area (Å²) in [4.78, 5) is 24.4. The van der Waals surface area contributed by atoms with Crippen molar-refractivity contribution in [1.82, 2.24) is 4.90 Å². The van der Waals surface area contributed by atoms with Crippen LogP contribution in [0.2, 0.25) is 0 Å². The molecular weight excluding hydrogens is 214 g/mol. The average Bonchev–Trinajstić information content (AvgIpc) is 2.64. The Morgan fingerprint density at radius 3 is 2.60 bits per heavy atom. The van der Waals surface area contributed by atoms with Gasteiger partial charge in [-0.15, -0.1) is 11.3 Å². The number of thiophene rings is 1. The summed E-state index contributed by atoms with van der Waals surface area (Å²) in [5.41, 5.74) is 0. The molecule has 0 aromatic carbocycles. The van der Waals surface area contributed by atoms with Gasteiger partial charge < -0.3 is 10.0 Å². The molecule has 1 amide bonds. The van der Waals surface area contributed by atoms with Crippen LogP contribution < -0.4 is 0 Å². The van der Waals surface area contributed by atoms with Crippen LogP contribution in [0.15, 0.2) is 17.5 Å². The van der Waals surface area contributed by atoms with E-state index in [9.17, 15) is 9.59 Å². The minimum Gasteiger partial charge on any atom is -0.479 e. The van der Waals surface area contributed by atoms with Crippen molar-refractivity contribution >= 4 is 23.2 Å². The van der Waals surface area contributed by atoms with E-state index >= 15 is 0 Å². The summed E-state index contributed by atoms with van der Waals surface area (Å²) in [6, 6.07) is 2.66. The van der Waals surface area contributed by atoms with Crippen molar-refractivity contribution < 1.29 is 14.7 Å². The number of aliphatic carboxylic acids is 1. The topological polar surface area (TPSA) is 57.6 Å². The Labute approximate surface area is 92.1 Å². The number of rotatable bonds is 4. The summed E-state index contributed by atoms with van der Waals surface area (Å²) in [7, 11) is 0. The lowest BCUT2D eigenvalue weighted by molar-refractivity contribution is -0.149. The molecule has 82 valence electrons. The van der Waals surface area contributed by atoms with E-state index in [0.29, 0.717) is 11.4 Å². The fourth-order valence-electron chi connectivity index (χ4n) is 1.44. The number of carboxylic acids is 1. The molecule has 0 radical (unpaired) electrons. The second-order valence-corrected chi connectivity index (χ2v) is 4.04. The second-order valence-electron chi connectivity index (χ2n) is 3.06. The zero-order valence-electron chi connectivity index (χ0n) is 8.64. The first-order valence-electron chi connectivity index (χ1n) is 4.61. The molecule has 1 rings (SSSR count). The van der Waals surface area contributed by atoms with E-state index in [2.05, 4.69) is 0 Å². The number of likely N-dealkylation sites (N-methyl/N-ethyl adjacent to an activating group) is 1. The molecule has 0 saturated carbocycles. The largest absolute Gasteiger partial charge is 0.479 e. The van der Waals surface area contributed by atoms with E-state index in [0.717, 1.165) is 0 Å². The third-order valence-electron chi connectivity index (χ3n) is 2.10. The molecule has 0 aliphatic carbocycles. The van der Waals surface area contributed by atoms with Crippen LogP contribution in [-0.4, -0.2) is 28.4 Å². The Hall–Kier alpha value is -1.36. The maximum absolute atomic E-state index is 11.3. The molecule has 1 atom stereocenters. The van der Waals surface area contributed by atoms with Gasteiger partial charge in [-0.05, 0) is 18.4 Å². The molecule has 0 aliphatic rings. The smallest absolute Gasteiger partial charge is 0.331 e. The molecule has 1 N–H and O–H groups in total. The summed E-state index contributed by atoms with van der Waals surface area (Å²) in [5, 5.41) is 10.9. The number of hydrogen-bond donors (Lipinski definition) is 1. The Balaban J connectivity index is 3.02. The molecule has 5 heteroatoms. The van der Waals surface area contributed by atoms with Crippen molar-refractivity contribution in [3.8, 4) is 0 Å². The maximum atomic E-state index is 11.3. The molecule has 0 bridgehead atoms. The van der Waals surface area contributed by atoms with E-state index in [1.165, 1.54) is 23.2 Å². The predicted octanol–water partition coefficient (Wildman–Crippen LogP) is 1.74. The first kappa shape index (κ1) is 11.7. The Morgan fingerprint density at radius 1 is 1.60 bits per heavy atom. The first-order chi connectivity index (χ1) is 7.07. The molecule has 1 unspecified atom stereocenters. The van der Waals surface area contributed by atoms with E-state index < -0.39 is 12.0 Å². The molecule has 1 heterocycles. The van der Waals surface area contributed by atoms with Gasteiger partial charge in [-0.2, -0.15) is 0 Å². The number of nitrogens with zero attached hydrogens (tertiary/aromatic N) is 1. The lowest BCUT2D eigenvalue weighted by Crippen LogP contribution is -2.36. The van der Waals surface area contributed by atoms with Gasteiger partial charge in [0.25, 0.3) is 0 Å². The Kier molecular flexibility index (Phi) is 3.85. The number of amides is 1. The molecule has 0 aliphatic heterocycles. The van der Waals surface area contributed by atoms with Gasteiger partial charge in [-0.1, -0.05) is 6.07 Å². The molecule has 15 heavy (non-hydrogen) atoms. The van der Waals surface area contributed by atoms with E-state index in [1.54, 1.807) is 24.4 Å². The zero-order chi connectivity index (χ0) is 11.4. The lowest BCUT2D eigenvalue weighted by atomic mass is 10.2. The van der Waals surface area contributed by atoms with Gasteiger partial charge >= 0.3 is 5.97 Å². The predicted molar refractivity (Wildman–Crippen MR) is 57.8 cm³/mol. The van der Waals surface area contributed by atoms with Crippen molar-refractivity contribution in [3.63, 3.8) is 0 Å². The molecular formula is C10H13NO3S. The fraction of sp³-hybridized carbons (Fsp3) is 0.400. The van der Waals surface area contributed by atoms with Crippen LogP contribution in [0, 0.1) is 0 Å². The quantitative estimate of drug-likeness (QED) is 0.852. The van der Waals surface area contributed by atoms with Gasteiger partial charge in [0.2, 0.25) is 5.91 Å². The molecule has 0 fully saturated rings. The average molecular weight is 227 g/mol. The summed E-state index contributed by atoms with van der Waals surface area (Å²) < 4.78 is 0. The van der Waals surface area contributed by atoms with Gasteiger partial charge in [0, 0.05) is 18.3 Å². The van der Waals surface area contributed by atoms with Crippen LogP contribution in [0.3, 0.4) is 0 Å². The molecule has 0 saturated heterocycles. The van der Waals surface area contributed by atoms with Crippen molar-refractivity contribution in [2.75, 3.05) is 6.54 Å². The van der Waals surface area contributed by atoms with Gasteiger partial charge in [0.15, 0.2) is 6.04 Å². The number of carboxylic acid groups (broad SMARTS) is 1. The fourth-order valence-corrected chi connectivity index (χ4v) is 2.27. The second kappa shape index (κ2) is 4.93. The van der Waals surface area contributed by atoms with E-state index in [4.69, 9.17) is 5.11 Å². The first-order valence-corrected chi connectivity index (χ1v) is 5.49. The highest BCUT2D eigenvalue weighted by Crippen LogP contribution is 2.25. The van der Waals surface area contributed by atoms with Crippen molar-refractivity contribution in [2.45, 2.75) is 19.9 Å². The normalized spacial score (nSPS) is 12.1. The highest BCUT2D eigenvalue weighted by atomic mass is 32.1. The summed E-state index contributed by atoms with van der Waals surface area (Å²) in [6.07, 6.45) is 0. The van der Waals surface area contributed by atoms with Gasteiger partial charge in [0.05, 0.1) is 0 Å². The number of carbonyl (C=O) groups excluding carboxylic acids is 1. The third-order valence-corrected chi connectivity index (χ3v) is 3.03. The molecule has 1 aromatic heterocycles. The lowest BCUT2D eigenvalue weighted by Gasteiger charge is -2.25. The van der Waals surface area contributed by atoms with Crippen LogP contribution in [0.1, 0.15) is 24.8 Å². The Morgan fingerprint density at radius 2 is 2.27 bits per heavy atom. The standard InChI is InChI=1S/C10H13NO3S/c1-3-11(7(2)12)9(10(13)14)8-5-4-6-15-8/h4-6,9H,3H2,1-2H3,(H,13,14). The van der Waals surface area contributed by atoms with Crippen molar-refractivity contribution in [2.24, 2.45) is 0 Å². The minimum absolute atomic E-state index is 0.224. The zero-order valence-corrected chi connectivity index (χ0v) is 9.45. The number of carbonyl (C=O) groups is 2. The van der Waals surface area contributed by atoms with Crippen molar-refractivity contribution in [3.05, 3.63) is 22.4 Å². The van der Waals surface area contributed by atoms with Crippen molar-refractivity contribution in [1.29, 1.82) is 0 Å². The summed E-state index contributed by atoms with van der Waals surface area (Å²) >= 11 is 1.35. The van der Waals surface area contributed by atoms with Gasteiger partial charge in [-0.25, -0.2) is 4.79 Å². The van der Waals surface area contributed by atoms with Crippen LogP contribution >= 0.6 is 11.3 Å².